The number of anilines is 1. The van der Waals surface area contributed by atoms with Crippen LogP contribution in [0.15, 0.2) is 23.1 Å². The molecule has 0 aliphatic carbocycles. The first-order valence-corrected chi connectivity index (χ1v) is 8.14. The first-order chi connectivity index (χ1) is 10.6. The van der Waals surface area contributed by atoms with Gasteiger partial charge in [0.2, 0.25) is 12.3 Å². The Hall–Kier alpha value is -1.25. The predicted molar refractivity (Wildman–Crippen MR) is 83.4 cm³/mol. The van der Waals surface area contributed by atoms with Crippen LogP contribution in [0.1, 0.15) is 12.8 Å². The van der Waals surface area contributed by atoms with E-state index < -0.39 is 12.4 Å². The highest BCUT2D eigenvalue weighted by atomic mass is 79.9. The van der Waals surface area contributed by atoms with Crippen LogP contribution in [0.5, 0.6) is 0 Å². The molecule has 6 nitrogen and oxygen atoms in total. The van der Waals surface area contributed by atoms with Crippen molar-refractivity contribution in [2.75, 3.05) is 24.6 Å². The third-order valence-electron chi connectivity index (χ3n) is 4.92. The van der Waals surface area contributed by atoms with Gasteiger partial charge >= 0.3 is 0 Å². The Bertz CT molecular complexity index is 700. The zero-order valence-corrected chi connectivity index (χ0v) is 13.5. The van der Waals surface area contributed by atoms with Gasteiger partial charge in [-0.05, 0) is 28.8 Å². The van der Waals surface area contributed by atoms with Crippen molar-refractivity contribution in [2.24, 2.45) is 11.1 Å². The Balaban J connectivity index is 1.59. The minimum Gasteiger partial charge on any atom is -0.346 e. The molecule has 8 heteroatoms. The molecule has 2 aromatic heterocycles. The van der Waals surface area contributed by atoms with Gasteiger partial charge in [0.15, 0.2) is 5.65 Å². The molecule has 0 radical (unpaired) electrons. The molecule has 0 amide bonds. The summed E-state index contributed by atoms with van der Waals surface area (Å²) in [7, 11) is 0. The summed E-state index contributed by atoms with van der Waals surface area (Å²) >= 11 is 3.46. The number of hydrogen-bond acceptors (Lipinski definition) is 5. The van der Waals surface area contributed by atoms with Crippen molar-refractivity contribution in [1.82, 2.24) is 14.4 Å². The number of alkyl halides is 1. The highest BCUT2D eigenvalue weighted by Gasteiger charge is 2.49. The predicted octanol–water partition coefficient (Wildman–Crippen LogP) is 1.73. The minimum absolute atomic E-state index is 0.237. The summed E-state index contributed by atoms with van der Waals surface area (Å²) < 4.78 is 21.5. The molecule has 4 rings (SSSR count). The maximum absolute atomic E-state index is 13.6. The first kappa shape index (κ1) is 14.3. The fourth-order valence-electron chi connectivity index (χ4n) is 3.46. The van der Waals surface area contributed by atoms with Crippen LogP contribution in [0.3, 0.4) is 0 Å². The molecule has 22 heavy (non-hydrogen) atoms. The first-order valence-electron chi connectivity index (χ1n) is 7.34. The number of nitrogens with two attached hydrogens (primary N) is 1. The molecule has 2 aliphatic heterocycles. The molecule has 2 atom stereocenters. The number of halogens is 2. The van der Waals surface area contributed by atoms with E-state index in [0.717, 1.165) is 42.0 Å². The SMILES string of the molecule is N[C@@H]1[C@H](F)OCC12CCN(c1ncc(Br)c3nccn13)CC2. The summed E-state index contributed by atoms with van der Waals surface area (Å²) in [5, 5.41) is 0. The van der Waals surface area contributed by atoms with Gasteiger partial charge in [-0.15, -0.1) is 0 Å². The Morgan fingerprint density at radius 3 is 2.82 bits per heavy atom. The maximum atomic E-state index is 13.6. The lowest BCUT2D eigenvalue weighted by Gasteiger charge is -2.41. The summed E-state index contributed by atoms with van der Waals surface area (Å²) in [5.74, 6) is 0.856. The molecular formula is C14H17BrFN5O. The number of rotatable bonds is 1. The Morgan fingerprint density at radius 1 is 1.36 bits per heavy atom. The van der Waals surface area contributed by atoms with Gasteiger partial charge in [0.05, 0.1) is 17.1 Å². The van der Waals surface area contributed by atoms with E-state index in [1.54, 1.807) is 12.4 Å². The highest BCUT2D eigenvalue weighted by Crippen LogP contribution is 2.42. The van der Waals surface area contributed by atoms with Crippen molar-refractivity contribution in [3.63, 3.8) is 0 Å². The monoisotopic (exact) mass is 369 g/mol. The second-order valence-electron chi connectivity index (χ2n) is 6.06. The number of aromatic nitrogens is 3. The van der Waals surface area contributed by atoms with Crippen molar-refractivity contribution in [1.29, 1.82) is 0 Å². The van der Waals surface area contributed by atoms with E-state index in [4.69, 9.17) is 10.5 Å². The Labute approximate surface area is 135 Å². The lowest BCUT2D eigenvalue weighted by Crippen LogP contribution is -2.50. The number of ether oxygens (including phenoxy) is 1. The molecule has 2 aromatic rings. The van der Waals surface area contributed by atoms with Crippen LogP contribution in [0.4, 0.5) is 10.3 Å². The molecule has 2 N–H and O–H groups in total. The van der Waals surface area contributed by atoms with Gasteiger partial charge in [-0.2, -0.15) is 0 Å². The molecule has 2 aliphatic rings. The smallest absolute Gasteiger partial charge is 0.214 e. The van der Waals surface area contributed by atoms with E-state index in [2.05, 4.69) is 30.8 Å². The number of piperidine rings is 1. The van der Waals surface area contributed by atoms with Crippen LogP contribution in [-0.4, -0.2) is 46.5 Å². The van der Waals surface area contributed by atoms with Crippen LogP contribution < -0.4 is 10.6 Å². The van der Waals surface area contributed by atoms with E-state index in [9.17, 15) is 4.39 Å². The van der Waals surface area contributed by atoms with E-state index in [1.165, 1.54) is 0 Å². The average molecular weight is 370 g/mol. The van der Waals surface area contributed by atoms with Gasteiger partial charge in [0.25, 0.3) is 0 Å². The van der Waals surface area contributed by atoms with Gasteiger partial charge < -0.3 is 15.4 Å². The largest absolute Gasteiger partial charge is 0.346 e. The van der Waals surface area contributed by atoms with Crippen molar-refractivity contribution in [3.8, 4) is 0 Å². The fourth-order valence-corrected chi connectivity index (χ4v) is 3.86. The average Bonchev–Trinajstić information content (AvgIpc) is 3.12. The third kappa shape index (κ3) is 2.04. The van der Waals surface area contributed by atoms with Crippen LogP contribution in [0, 0.1) is 5.41 Å². The number of hydrogen-bond donors (Lipinski definition) is 1. The summed E-state index contributed by atoms with van der Waals surface area (Å²) in [4.78, 5) is 11.0. The summed E-state index contributed by atoms with van der Waals surface area (Å²) in [6, 6.07) is -0.527. The van der Waals surface area contributed by atoms with E-state index >= 15 is 0 Å². The van der Waals surface area contributed by atoms with Crippen molar-refractivity contribution in [2.45, 2.75) is 25.2 Å². The molecular weight excluding hydrogens is 353 g/mol. The van der Waals surface area contributed by atoms with E-state index in [-0.39, 0.29) is 5.41 Å². The maximum Gasteiger partial charge on any atom is 0.214 e. The van der Waals surface area contributed by atoms with Crippen molar-refractivity contribution in [3.05, 3.63) is 23.1 Å². The number of imidazole rings is 1. The standard InChI is InChI=1S/C14H17BrFN5O/c15-9-7-19-13(21-6-3-18-12(9)21)20-4-1-14(2-5-20)8-22-11(16)10(14)17/h3,6-7,10-11H,1-2,4-5,8,17H2/t10-,11-/m1/s1. The normalized spacial score (nSPS) is 27.9. The van der Waals surface area contributed by atoms with Crippen LogP contribution >= 0.6 is 15.9 Å². The van der Waals surface area contributed by atoms with Crippen molar-refractivity contribution < 1.29 is 9.13 Å². The van der Waals surface area contributed by atoms with Gasteiger partial charge in [0.1, 0.15) is 0 Å². The summed E-state index contributed by atoms with van der Waals surface area (Å²) in [5.41, 5.74) is 6.62. The number of nitrogens with zero attached hydrogens (tertiary/aromatic N) is 4. The van der Waals surface area contributed by atoms with Crippen LogP contribution in [-0.2, 0) is 4.74 Å². The Morgan fingerprint density at radius 2 is 2.14 bits per heavy atom. The lowest BCUT2D eigenvalue weighted by molar-refractivity contribution is 0.0000458. The molecule has 118 valence electrons. The highest BCUT2D eigenvalue weighted by molar-refractivity contribution is 9.10. The van der Waals surface area contributed by atoms with Gasteiger partial charge in [-0.1, -0.05) is 0 Å². The second kappa shape index (κ2) is 5.14. The molecule has 0 unspecified atom stereocenters. The van der Waals surface area contributed by atoms with E-state index in [1.807, 2.05) is 10.6 Å². The molecule has 1 spiro atoms. The van der Waals surface area contributed by atoms with Gasteiger partial charge in [0, 0.05) is 37.1 Å². The second-order valence-corrected chi connectivity index (χ2v) is 6.92. The van der Waals surface area contributed by atoms with Gasteiger partial charge in [-0.3, -0.25) is 4.40 Å². The molecule has 2 saturated heterocycles. The van der Waals surface area contributed by atoms with Crippen LogP contribution in [0.25, 0.3) is 5.65 Å². The zero-order valence-electron chi connectivity index (χ0n) is 12.0. The minimum atomic E-state index is -1.34. The zero-order chi connectivity index (χ0) is 15.3. The Kier molecular flexibility index (Phi) is 3.35. The topological polar surface area (TPSA) is 68.7 Å². The summed E-state index contributed by atoms with van der Waals surface area (Å²) in [6.45, 7) is 1.98. The summed E-state index contributed by atoms with van der Waals surface area (Å²) in [6.07, 6.45) is 5.70. The lowest BCUT2D eigenvalue weighted by atomic mass is 9.75. The fraction of sp³-hybridized carbons (Fsp3) is 0.571. The molecule has 0 aromatic carbocycles. The van der Waals surface area contributed by atoms with Crippen molar-refractivity contribution >= 4 is 27.5 Å². The third-order valence-corrected chi connectivity index (χ3v) is 5.48. The molecule has 0 saturated carbocycles. The quantitative estimate of drug-likeness (QED) is 0.828. The molecule has 2 fully saturated rings. The molecule has 4 heterocycles. The number of fused-ring (bicyclic) bond motifs is 1. The molecule has 0 bridgehead atoms. The van der Waals surface area contributed by atoms with E-state index in [0.29, 0.717) is 6.61 Å². The van der Waals surface area contributed by atoms with Gasteiger partial charge in [-0.25, -0.2) is 14.4 Å². The van der Waals surface area contributed by atoms with Crippen LogP contribution in [0.2, 0.25) is 0 Å².